The van der Waals surface area contributed by atoms with Gasteiger partial charge in [0.05, 0.1) is 6.61 Å². The first-order chi connectivity index (χ1) is 8.28. The second-order valence-corrected chi connectivity index (χ2v) is 7.03. The van der Waals surface area contributed by atoms with E-state index in [0.717, 1.165) is 6.61 Å². The summed E-state index contributed by atoms with van der Waals surface area (Å²) in [4.78, 5) is 0. The Kier molecular flexibility index (Phi) is 3.31. The highest BCUT2D eigenvalue weighted by Gasteiger charge is 2.37. The van der Waals surface area contributed by atoms with Gasteiger partial charge in [-0.05, 0) is 52.8 Å². The maximum Gasteiger partial charge on any atom is 0.0715 e. The molecular weight excluding hydrogens is 220 g/mol. The fourth-order valence-corrected chi connectivity index (χ4v) is 3.08. The molecular formula is C17H26O. The molecule has 1 aromatic carbocycles. The molecule has 2 rings (SSSR count). The maximum absolute atomic E-state index is 5.32. The molecule has 100 valence electrons. The van der Waals surface area contributed by atoms with Crippen molar-refractivity contribution in [3.05, 3.63) is 34.4 Å². The van der Waals surface area contributed by atoms with Crippen LogP contribution < -0.4 is 0 Å². The molecule has 1 nitrogen and oxygen atoms in total. The number of fused-ring (bicyclic) bond motifs is 1. The maximum atomic E-state index is 5.32. The lowest BCUT2D eigenvalue weighted by Gasteiger charge is -2.42. The van der Waals surface area contributed by atoms with Crippen LogP contribution >= 0.6 is 0 Å². The van der Waals surface area contributed by atoms with Gasteiger partial charge in [-0.25, -0.2) is 0 Å². The summed E-state index contributed by atoms with van der Waals surface area (Å²) >= 11 is 0. The van der Waals surface area contributed by atoms with Gasteiger partial charge in [0.15, 0.2) is 0 Å². The summed E-state index contributed by atoms with van der Waals surface area (Å²) in [5, 5.41) is 0. The first-order valence-corrected chi connectivity index (χ1v) is 6.91. The predicted molar refractivity (Wildman–Crippen MR) is 77.2 cm³/mol. The van der Waals surface area contributed by atoms with Gasteiger partial charge in [-0.1, -0.05) is 39.8 Å². The Balaban J connectivity index is 2.61. The minimum Gasteiger partial charge on any atom is -0.380 e. The van der Waals surface area contributed by atoms with E-state index in [-0.39, 0.29) is 0 Å². The summed E-state index contributed by atoms with van der Waals surface area (Å²) in [6.45, 7) is 12.4. The monoisotopic (exact) mass is 246 g/mol. The van der Waals surface area contributed by atoms with Crippen LogP contribution in [0.1, 0.15) is 62.8 Å². The van der Waals surface area contributed by atoms with Gasteiger partial charge < -0.3 is 4.74 Å². The molecule has 0 bridgehead atoms. The van der Waals surface area contributed by atoms with E-state index < -0.39 is 0 Å². The van der Waals surface area contributed by atoms with Crippen LogP contribution in [-0.2, 0) is 22.2 Å². The zero-order valence-electron chi connectivity index (χ0n) is 12.7. The second kappa shape index (κ2) is 4.38. The van der Waals surface area contributed by atoms with Gasteiger partial charge in [-0.3, -0.25) is 0 Å². The number of ether oxygens (including phenoxy) is 1. The average Bonchev–Trinajstić information content (AvgIpc) is 2.27. The smallest absolute Gasteiger partial charge is 0.0715 e. The van der Waals surface area contributed by atoms with Crippen molar-refractivity contribution in [3.8, 4) is 0 Å². The van der Waals surface area contributed by atoms with E-state index in [2.05, 4.69) is 46.8 Å². The van der Waals surface area contributed by atoms with E-state index in [0.29, 0.717) is 10.8 Å². The molecule has 0 saturated carbocycles. The molecule has 0 saturated heterocycles. The normalized spacial score (nSPS) is 20.6. The predicted octanol–water partition coefficient (Wildman–Crippen LogP) is 4.49. The van der Waals surface area contributed by atoms with E-state index in [1.807, 2.05) is 0 Å². The van der Waals surface area contributed by atoms with Crippen LogP contribution in [0.25, 0.3) is 0 Å². The molecule has 18 heavy (non-hydrogen) atoms. The third-order valence-electron chi connectivity index (χ3n) is 4.61. The number of hydrogen-bond donors (Lipinski definition) is 0. The molecule has 1 aliphatic rings. The van der Waals surface area contributed by atoms with Crippen LogP contribution in [0.5, 0.6) is 0 Å². The molecule has 1 aliphatic carbocycles. The molecule has 0 fully saturated rings. The van der Waals surface area contributed by atoms with Gasteiger partial charge in [-0.2, -0.15) is 0 Å². The molecule has 0 amide bonds. The van der Waals surface area contributed by atoms with Gasteiger partial charge in [0.1, 0.15) is 0 Å². The van der Waals surface area contributed by atoms with E-state index in [1.54, 1.807) is 7.11 Å². The minimum atomic E-state index is 0.293. The molecule has 0 spiro atoms. The fourth-order valence-electron chi connectivity index (χ4n) is 3.08. The Labute approximate surface area is 112 Å². The van der Waals surface area contributed by atoms with Crippen LogP contribution in [-0.4, -0.2) is 7.11 Å². The number of benzene rings is 1. The highest BCUT2D eigenvalue weighted by molar-refractivity contribution is 5.46. The van der Waals surface area contributed by atoms with Gasteiger partial charge in [-0.15, -0.1) is 0 Å². The van der Waals surface area contributed by atoms with Crippen LogP contribution in [0, 0.1) is 6.92 Å². The van der Waals surface area contributed by atoms with E-state index in [4.69, 9.17) is 4.74 Å². The Bertz CT molecular complexity index is 455. The Hall–Kier alpha value is -0.820. The minimum absolute atomic E-state index is 0.293. The van der Waals surface area contributed by atoms with E-state index >= 15 is 0 Å². The molecule has 0 aromatic heterocycles. The van der Waals surface area contributed by atoms with Crippen molar-refractivity contribution in [1.29, 1.82) is 0 Å². The first-order valence-electron chi connectivity index (χ1n) is 6.91. The quantitative estimate of drug-likeness (QED) is 0.747. The number of aryl methyl sites for hydroxylation is 1. The van der Waals surface area contributed by atoms with Crippen LogP contribution in [0.2, 0.25) is 0 Å². The molecule has 0 atom stereocenters. The average molecular weight is 246 g/mol. The molecule has 0 radical (unpaired) electrons. The molecule has 0 aliphatic heterocycles. The highest BCUT2D eigenvalue weighted by atomic mass is 16.5. The van der Waals surface area contributed by atoms with Crippen molar-refractivity contribution < 1.29 is 4.74 Å². The number of rotatable bonds is 2. The number of methoxy groups -OCH3 is 1. The second-order valence-electron chi connectivity index (χ2n) is 7.03. The summed E-state index contributed by atoms with van der Waals surface area (Å²) < 4.78 is 5.32. The zero-order chi connectivity index (χ0) is 13.6. The van der Waals surface area contributed by atoms with E-state index in [1.165, 1.54) is 35.1 Å². The van der Waals surface area contributed by atoms with Crippen molar-refractivity contribution in [2.45, 2.75) is 64.9 Å². The Morgan fingerprint density at radius 1 is 1.00 bits per heavy atom. The molecule has 1 aromatic rings. The Morgan fingerprint density at radius 2 is 1.50 bits per heavy atom. The zero-order valence-corrected chi connectivity index (χ0v) is 12.7. The van der Waals surface area contributed by atoms with Crippen molar-refractivity contribution in [2.24, 2.45) is 0 Å². The molecule has 1 heteroatoms. The third kappa shape index (κ3) is 2.21. The summed E-state index contributed by atoms with van der Waals surface area (Å²) in [5.41, 5.74) is 6.36. The molecule has 0 unspecified atom stereocenters. The molecule has 0 N–H and O–H groups in total. The highest BCUT2D eigenvalue weighted by Crippen LogP contribution is 2.46. The van der Waals surface area contributed by atoms with Crippen molar-refractivity contribution in [1.82, 2.24) is 0 Å². The van der Waals surface area contributed by atoms with Gasteiger partial charge in [0.2, 0.25) is 0 Å². The lowest BCUT2D eigenvalue weighted by atomic mass is 9.62. The topological polar surface area (TPSA) is 9.23 Å². The van der Waals surface area contributed by atoms with E-state index in [9.17, 15) is 0 Å². The number of hydrogen-bond acceptors (Lipinski definition) is 1. The van der Waals surface area contributed by atoms with Gasteiger partial charge >= 0.3 is 0 Å². The van der Waals surface area contributed by atoms with Crippen LogP contribution in [0.4, 0.5) is 0 Å². The summed E-state index contributed by atoms with van der Waals surface area (Å²) in [6, 6.07) is 4.78. The third-order valence-corrected chi connectivity index (χ3v) is 4.61. The van der Waals surface area contributed by atoms with Gasteiger partial charge in [0.25, 0.3) is 0 Å². The lowest BCUT2D eigenvalue weighted by Crippen LogP contribution is -2.34. The van der Waals surface area contributed by atoms with Crippen LogP contribution in [0.15, 0.2) is 12.1 Å². The molecule has 0 heterocycles. The first kappa shape index (κ1) is 13.6. The van der Waals surface area contributed by atoms with Crippen molar-refractivity contribution >= 4 is 0 Å². The summed E-state index contributed by atoms with van der Waals surface area (Å²) in [7, 11) is 1.77. The SMILES string of the molecule is COCc1cc2c(cc1C)C(C)(C)CCC2(C)C. The lowest BCUT2D eigenvalue weighted by molar-refractivity contribution is 0.184. The summed E-state index contributed by atoms with van der Waals surface area (Å²) in [5.74, 6) is 0. The summed E-state index contributed by atoms with van der Waals surface area (Å²) in [6.07, 6.45) is 2.54. The fraction of sp³-hybridized carbons (Fsp3) is 0.647. The van der Waals surface area contributed by atoms with Crippen molar-refractivity contribution in [3.63, 3.8) is 0 Å². The van der Waals surface area contributed by atoms with Crippen molar-refractivity contribution in [2.75, 3.05) is 7.11 Å². The largest absolute Gasteiger partial charge is 0.380 e. The Morgan fingerprint density at radius 3 is 2.00 bits per heavy atom. The van der Waals surface area contributed by atoms with Gasteiger partial charge in [0, 0.05) is 7.11 Å². The standard InChI is InChI=1S/C17H26O/c1-12-9-14-15(10-13(12)11-18-6)17(4,5)8-7-16(14,2)3/h9-10H,7-8,11H2,1-6H3. The van der Waals surface area contributed by atoms with Crippen LogP contribution in [0.3, 0.4) is 0 Å².